The van der Waals surface area contributed by atoms with Crippen LogP contribution < -0.4 is 5.32 Å². The highest BCUT2D eigenvalue weighted by atomic mass is 16.8. The Labute approximate surface area is 648 Å². The van der Waals surface area contributed by atoms with Crippen LogP contribution in [0.2, 0.25) is 0 Å². The molecule has 3 heterocycles. The normalized spacial score (nSPS) is 25.9. The number of hydrogen-bond acceptors (Lipinski definition) is 18. The summed E-state index contributed by atoms with van der Waals surface area (Å²) in [6, 6.07) is -0.976. The van der Waals surface area contributed by atoms with Gasteiger partial charge in [0.1, 0.15) is 73.2 Å². The largest absolute Gasteiger partial charge is 0.394 e. The lowest BCUT2D eigenvalue weighted by atomic mass is 9.96. The van der Waals surface area contributed by atoms with E-state index >= 15 is 0 Å². The zero-order valence-electron chi connectivity index (χ0n) is 67.1. The summed E-state index contributed by atoms with van der Waals surface area (Å²) >= 11 is 0. The number of amides is 1. The molecule has 3 aliphatic heterocycles. The molecular weight excluding hydrogens is 1360 g/mol. The van der Waals surface area contributed by atoms with Crippen molar-refractivity contribution in [1.82, 2.24) is 5.32 Å². The van der Waals surface area contributed by atoms with Gasteiger partial charge in [-0.05, 0) is 64.2 Å². The van der Waals surface area contributed by atoms with Gasteiger partial charge in [-0.3, -0.25) is 4.79 Å². The lowest BCUT2D eigenvalue weighted by Gasteiger charge is -2.48. The van der Waals surface area contributed by atoms with E-state index in [2.05, 4.69) is 79.9 Å². The number of nitrogens with one attached hydrogen (secondary N) is 1. The van der Waals surface area contributed by atoms with Gasteiger partial charge in [-0.15, -0.1) is 0 Å². The Hall–Kier alpha value is -2.77. The third-order valence-electron chi connectivity index (χ3n) is 21.5. The topological polar surface area (TPSA) is 307 Å². The smallest absolute Gasteiger partial charge is 0.220 e. The summed E-state index contributed by atoms with van der Waals surface area (Å²) < 4.78 is 34.5. The first-order chi connectivity index (χ1) is 52.3. The fourth-order valence-electron chi connectivity index (χ4n) is 14.6. The summed E-state index contributed by atoms with van der Waals surface area (Å²) in [4.78, 5) is 13.5. The van der Waals surface area contributed by atoms with Crippen molar-refractivity contribution < 1.29 is 89.4 Å². The van der Waals surface area contributed by atoms with Crippen LogP contribution in [0.3, 0.4) is 0 Å². The Morgan fingerprint density at radius 3 is 1.01 bits per heavy atom. The van der Waals surface area contributed by atoms with Gasteiger partial charge in [0.05, 0.1) is 38.6 Å². The van der Waals surface area contributed by atoms with Crippen LogP contribution >= 0.6 is 0 Å². The highest BCUT2D eigenvalue weighted by molar-refractivity contribution is 5.76. The Morgan fingerprint density at radius 2 is 0.645 bits per heavy atom. The average Bonchev–Trinajstić information content (AvgIpc) is 0.781. The van der Waals surface area contributed by atoms with E-state index in [-0.39, 0.29) is 18.9 Å². The van der Waals surface area contributed by atoms with Crippen LogP contribution in [0.1, 0.15) is 348 Å². The van der Waals surface area contributed by atoms with Gasteiger partial charge in [0.25, 0.3) is 0 Å². The number of unbranched alkanes of at least 4 members (excludes halogenated alkanes) is 44. The maximum absolute atomic E-state index is 13.5. The highest BCUT2D eigenvalue weighted by Gasteiger charge is 2.54. The van der Waals surface area contributed by atoms with E-state index in [1.165, 1.54) is 244 Å². The molecule has 0 radical (unpaired) electrons. The van der Waals surface area contributed by atoms with E-state index in [1.54, 1.807) is 6.08 Å². The van der Waals surface area contributed by atoms with E-state index in [1.807, 2.05) is 6.08 Å². The quantitative estimate of drug-likeness (QED) is 0.0199. The number of hydrogen-bond donors (Lipinski definition) is 12. The fourth-order valence-corrected chi connectivity index (χ4v) is 14.6. The van der Waals surface area contributed by atoms with E-state index in [9.17, 15) is 61.0 Å². The molecule has 17 unspecified atom stereocenters. The summed E-state index contributed by atoms with van der Waals surface area (Å²) in [5.41, 5.74) is 0. The zero-order valence-corrected chi connectivity index (χ0v) is 67.1. The highest BCUT2D eigenvalue weighted by Crippen LogP contribution is 2.33. The molecule has 107 heavy (non-hydrogen) atoms. The van der Waals surface area contributed by atoms with Crippen LogP contribution in [-0.4, -0.2) is 193 Å². The van der Waals surface area contributed by atoms with Crippen molar-refractivity contribution in [2.45, 2.75) is 452 Å². The lowest BCUT2D eigenvalue weighted by Crippen LogP contribution is -2.66. The van der Waals surface area contributed by atoms with E-state index in [0.29, 0.717) is 6.42 Å². The number of ether oxygens (including phenoxy) is 6. The molecule has 0 saturated carbocycles. The molecule has 3 rings (SSSR count). The van der Waals surface area contributed by atoms with Crippen LogP contribution in [0.4, 0.5) is 0 Å². The van der Waals surface area contributed by atoms with Crippen LogP contribution in [0.5, 0.6) is 0 Å². The second kappa shape index (κ2) is 67.7. The second-order valence-electron chi connectivity index (χ2n) is 31.0. The molecule has 0 aromatic carbocycles. The zero-order chi connectivity index (χ0) is 77.4. The molecule has 0 aromatic rings. The van der Waals surface area contributed by atoms with Crippen LogP contribution in [0.25, 0.3) is 0 Å². The first kappa shape index (κ1) is 98.4. The summed E-state index contributed by atoms with van der Waals surface area (Å²) in [6.45, 7) is 1.67. The second-order valence-corrected chi connectivity index (χ2v) is 31.0. The summed E-state index contributed by atoms with van der Waals surface area (Å²) in [6.07, 6.45) is 63.3. The predicted molar refractivity (Wildman–Crippen MR) is 429 cm³/mol. The van der Waals surface area contributed by atoms with Gasteiger partial charge in [-0.1, -0.05) is 350 Å². The molecule has 1 amide bonds. The van der Waals surface area contributed by atoms with Gasteiger partial charge in [0, 0.05) is 6.42 Å². The van der Waals surface area contributed by atoms with Crippen molar-refractivity contribution in [2.24, 2.45) is 0 Å². The van der Waals surface area contributed by atoms with Crippen molar-refractivity contribution in [1.29, 1.82) is 0 Å². The third kappa shape index (κ3) is 46.9. The SMILES string of the molecule is CC/C=C\C/C=C\C/C=C\C/C=C\C/C=C\CCCCCCCCCCCCCCCCCCCCCCCC(=O)NC(COC1OC(CO)C(OC2OC(CO)C(OC3OC(CO)C(O)C(O)C3O)C(O)C2O)C(O)C1O)C(O)/C=C/CCCCCCCCCCCCCCCCCCCCCCCCC. The number of allylic oxidation sites excluding steroid dienone is 11. The Bertz CT molecular complexity index is 2210. The molecule has 3 fully saturated rings. The summed E-state index contributed by atoms with van der Waals surface area (Å²) in [7, 11) is 0. The maximum atomic E-state index is 13.5. The minimum Gasteiger partial charge on any atom is -0.394 e. The van der Waals surface area contributed by atoms with Crippen LogP contribution in [0, 0.1) is 0 Å². The Morgan fingerprint density at radius 1 is 0.346 bits per heavy atom. The minimum absolute atomic E-state index is 0.245. The van der Waals surface area contributed by atoms with Crippen molar-refractivity contribution in [3.8, 4) is 0 Å². The first-order valence-corrected chi connectivity index (χ1v) is 43.7. The predicted octanol–water partition coefficient (Wildman–Crippen LogP) is 16.0. The average molecular weight is 1520 g/mol. The Balaban J connectivity index is 1.32. The summed E-state index contributed by atoms with van der Waals surface area (Å²) in [5, 5.41) is 121. The van der Waals surface area contributed by atoms with Crippen LogP contribution in [-0.2, 0) is 33.2 Å². The molecule has 0 aromatic heterocycles. The molecule has 0 bridgehead atoms. The van der Waals surface area contributed by atoms with Crippen molar-refractivity contribution in [2.75, 3.05) is 26.4 Å². The van der Waals surface area contributed by atoms with Gasteiger partial charge in [0.15, 0.2) is 18.9 Å². The molecule has 19 heteroatoms. The van der Waals surface area contributed by atoms with Gasteiger partial charge in [-0.25, -0.2) is 0 Å². The molecule has 12 N–H and O–H groups in total. The number of carbonyl (C=O) groups is 1. The lowest BCUT2D eigenvalue weighted by molar-refractivity contribution is -0.379. The number of carbonyl (C=O) groups excluding carboxylic acids is 1. The molecule has 3 saturated heterocycles. The van der Waals surface area contributed by atoms with Gasteiger partial charge in [-0.2, -0.15) is 0 Å². The molecule has 19 nitrogen and oxygen atoms in total. The van der Waals surface area contributed by atoms with Gasteiger partial charge in [0.2, 0.25) is 5.91 Å². The van der Waals surface area contributed by atoms with Gasteiger partial charge >= 0.3 is 0 Å². The minimum atomic E-state index is -1.98. The number of aliphatic hydroxyl groups is 11. The Kier molecular flexibility index (Phi) is 62.3. The number of aliphatic hydroxyl groups excluding tert-OH is 11. The van der Waals surface area contributed by atoms with E-state index < -0.39 is 124 Å². The molecule has 0 spiro atoms. The fraction of sp³-hybridized carbons (Fsp3) is 0.852. The monoisotopic (exact) mass is 1520 g/mol. The van der Waals surface area contributed by atoms with Crippen LogP contribution in [0.15, 0.2) is 72.9 Å². The standard InChI is InChI=1S/C88H159NO18/c1-3-5-7-9-11-13-15-17-19-21-23-25-27-29-30-31-32-33-34-35-36-37-38-39-40-42-44-46-48-50-52-54-56-58-60-62-64-66-76(94)89-71(72(93)65-63-61-59-57-55-53-51-49-47-45-43-41-28-26-24-22-20-18-16-14-12-10-8-6-4-2)70-102-86-82(100)79(97)84(74(68-91)104-86)107-88-83(101)80(98)85(75(69-92)105-88)106-87-81(99)78(96)77(95)73(67-90)103-87/h5,7,11,13,17,19,23,25,29-30,63,65,71-75,77-88,90-93,95-101H,3-4,6,8-10,12,14-16,18,20-22,24,26-28,31-62,64,66-70H2,1-2H3,(H,89,94)/b7-5-,13-11-,19-17-,25-23-,30-29-,65-63+. The van der Waals surface area contributed by atoms with E-state index in [4.69, 9.17) is 28.4 Å². The first-order valence-electron chi connectivity index (χ1n) is 43.7. The molecule has 624 valence electrons. The van der Waals surface area contributed by atoms with Gasteiger partial charge < -0.3 is 89.9 Å². The third-order valence-corrected chi connectivity index (χ3v) is 21.5. The molecule has 0 aliphatic carbocycles. The van der Waals surface area contributed by atoms with E-state index in [0.717, 1.165) is 77.0 Å². The van der Waals surface area contributed by atoms with Crippen molar-refractivity contribution in [3.63, 3.8) is 0 Å². The van der Waals surface area contributed by atoms with Crippen molar-refractivity contribution in [3.05, 3.63) is 72.9 Å². The van der Waals surface area contributed by atoms with Crippen molar-refractivity contribution >= 4 is 5.91 Å². The molecule has 17 atom stereocenters. The maximum Gasteiger partial charge on any atom is 0.220 e. The summed E-state index contributed by atoms with van der Waals surface area (Å²) in [5.74, 6) is -0.270. The number of rotatable bonds is 70. The molecular formula is C88H159NO18. The molecule has 3 aliphatic rings.